The lowest BCUT2D eigenvalue weighted by molar-refractivity contribution is 0.256. The highest BCUT2D eigenvalue weighted by Gasteiger charge is 2.22. The number of hydrogen-bond donors (Lipinski definition) is 0. The summed E-state index contributed by atoms with van der Waals surface area (Å²) in [4.78, 5) is 2.38. The van der Waals surface area contributed by atoms with E-state index in [4.69, 9.17) is 5.26 Å². The van der Waals surface area contributed by atoms with Crippen molar-refractivity contribution in [1.29, 1.82) is 5.26 Å². The summed E-state index contributed by atoms with van der Waals surface area (Å²) in [5.41, 5.74) is -0.162. The summed E-state index contributed by atoms with van der Waals surface area (Å²) in [5, 5.41) is 8.78. The summed E-state index contributed by atoms with van der Waals surface area (Å²) in [6, 6.07) is 2.33. The third-order valence-electron chi connectivity index (χ3n) is 2.12. The van der Waals surface area contributed by atoms with Crippen LogP contribution in [0.3, 0.4) is 0 Å². The maximum Gasteiger partial charge on any atom is 0.0697 e. The van der Waals surface area contributed by atoms with Gasteiger partial charge in [-0.1, -0.05) is 0 Å². The Morgan fingerprint density at radius 3 is 2.36 bits per heavy atom. The van der Waals surface area contributed by atoms with Gasteiger partial charge in [-0.05, 0) is 39.8 Å². The first-order valence-electron chi connectivity index (χ1n) is 4.28. The molecule has 1 aliphatic rings. The summed E-state index contributed by atoms with van der Waals surface area (Å²) >= 11 is 0. The van der Waals surface area contributed by atoms with E-state index in [2.05, 4.69) is 11.0 Å². The number of nitrogens with zero attached hydrogens (tertiary/aromatic N) is 2. The quantitative estimate of drug-likeness (QED) is 0.601. The average Bonchev–Trinajstić information content (AvgIpc) is 2.39. The molecule has 0 saturated carbocycles. The molecule has 0 aliphatic carbocycles. The Hall–Kier alpha value is -0.550. The highest BCUT2D eigenvalue weighted by Crippen LogP contribution is 2.18. The first kappa shape index (κ1) is 8.55. The van der Waals surface area contributed by atoms with E-state index in [1.807, 2.05) is 13.8 Å². The molecule has 1 heterocycles. The molecule has 2 heteroatoms. The Morgan fingerprint density at radius 2 is 1.91 bits per heavy atom. The molecule has 0 bridgehead atoms. The molecule has 1 rings (SSSR count). The molecule has 1 fully saturated rings. The molecule has 0 N–H and O–H groups in total. The van der Waals surface area contributed by atoms with Gasteiger partial charge in [0.05, 0.1) is 11.5 Å². The summed E-state index contributed by atoms with van der Waals surface area (Å²) in [6.07, 6.45) is 2.61. The standard InChI is InChI=1S/C9H16N2/c1-9(2,7-10)8-11-5-3-4-6-11/h3-6,8H2,1-2H3. The van der Waals surface area contributed by atoms with Crippen LogP contribution in [0, 0.1) is 16.7 Å². The Morgan fingerprint density at radius 1 is 1.36 bits per heavy atom. The second kappa shape index (κ2) is 3.23. The van der Waals surface area contributed by atoms with Gasteiger partial charge < -0.3 is 4.90 Å². The SMILES string of the molecule is CC(C)(C#N)CN1CCCC1. The third-order valence-corrected chi connectivity index (χ3v) is 2.12. The molecule has 0 aromatic carbocycles. The third kappa shape index (κ3) is 2.51. The van der Waals surface area contributed by atoms with Crippen LogP contribution in [0.5, 0.6) is 0 Å². The maximum atomic E-state index is 8.78. The van der Waals surface area contributed by atoms with Crippen LogP contribution in [0.25, 0.3) is 0 Å². The molecule has 0 aromatic heterocycles. The number of likely N-dealkylation sites (tertiary alicyclic amines) is 1. The number of hydrogen-bond acceptors (Lipinski definition) is 2. The van der Waals surface area contributed by atoms with Gasteiger partial charge in [0, 0.05) is 6.54 Å². The van der Waals surface area contributed by atoms with Crippen LogP contribution in [0.2, 0.25) is 0 Å². The van der Waals surface area contributed by atoms with E-state index >= 15 is 0 Å². The lowest BCUT2D eigenvalue weighted by atomic mass is 9.95. The topological polar surface area (TPSA) is 27.0 Å². The van der Waals surface area contributed by atoms with Crippen LogP contribution in [0.1, 0.15) is 26.7 Å². The zero-order chi connectivity index (χ0) is 8.32. The fraction of sp³-hybridized carbons (Fsp3) is 0.889. The minimum Gasteiger partial charge on any atom is -0.302 e. The van der Waals surface area contributed by atoms with Gasteiger partial charge in [0.25, 0.3) is 0 Å². The largest absolute Gasteiger partial charge is 0.302 e. The molecule has 0 unspecified atom stereocenters. The van der Waals surface area contributed by atoms with E-state index in [0.29, 0.717) is 0 Å². The van der Waals surface area contributed by atoms with Crippen molar-refractivity contribution in [3.05, 3.63) is 0 Å². The van der Waals surface area contributed by atoms with Gasteiger partial charge in [0.1, 0.15) is 0 Å². The second-order valence-electron chi connectivity index (χ2n) is 3.98. The predicted octanol–water partition coefficient (Wildman–Crippen LogP) is 1.63. The molecular weight excluding hydrogens is 136 g/mol. The molecule has 62 valence electrons. The monoisotopic (exact) mass is 152 g/mol. The number of rotatable bonds is 2. The van der Waals surface area contributed by atoms with Crippen LogP contribution < -0.4 is 0 Å². The Bertz CT molecular complexity index is 161. The van der Waals surface area contributed by atoms with E-state index in [0.717, 1.165) is 6.54 Å². The van der Waals surface area contributed by atoms with E-state index in [1.54, 1.807) is 0 Å². The van der Waals surface area contributed by atoms with E-state index < -0.39 is 0 Å². The molecule has 0 amide bonds. The van der Waals surface area contributed by atoms with Crippen molar-refractivity contribution in [2.75, 3.05) is 19.6 Å². The van der Waals surface area contributed by atoms with Crippen LogP contribution >= 0.6 is 0 Å². The molecule has 1 saturated heterocycles. The molecule has 0 radical (unpaired) electrons. The lowest BCUT2D eigenvalue weighted by Crippen LogP contribution is -2.31. The predicted molar refractivity (Wildman–Crippen MR) is 45.1 cm³/mol. The van der Waals surface area contributed by atoms with Crippen molar-refractivity contribution in [2.45, 2.75) is 26.7 Å². The van der Waals surface area contributed by atoms with Gasteiger partial charge in [-0.15, -0.1) is 0 Å². The fourth-order valence-corrected chi connectivity index (χ4v) is 1.54. The molecular formula is C9H16N2. The van der Waals surface area contributed by atoms with Crippen molar-refractivity contribution in [3.8, 4) is 6.07 Å². The van der Waals surface area contributed by atoms with Crippen LogP contribution in [0.4, 0.5) is 0 Å². The van der Waals surface area contributed by atoms with Crippen LogP contribution in [-0.2, 0) is 0 Å². The average molecular weight is 152 g/mol. The molecule has 1 aliphatic heterocycles. The maximum absolute atomic E-state index is 8.78. The van der Waals surface area contributed by atoms with Gasteiger partial charge in [-0.2, -0.15) is 5.26 Å². The second-order valence-corrected chi connectivity index (χ2v) is 3.98. The molecule has 2 nitrogen and oxygen atoms in total. The van der Waals surface area contributed by atoms with Crippen molar-refractivity contribution in [3.63, 3.8) is 0 Å². The Kier molecular flexibility index (Phi) is 2.51. The first-order chi connectivity index (χ1) is 5.14. The zero-order valence-corrected chi connectivity index (χ0v) is 7.43. The first-order valence-corrected chi connectivity index (χ1v) is 4.28. The van der Waals surface area contributed by atoms with Gasteiger partial charge in [-0.25, -0.2) is 0 Å². The highest BCUT2D eigenvalue weighted by molar-refractivity contribution is 4.94. The summed E-state index contributed by atoms with van der Waals surface area (Å²) in [6.45, 7) is 7.32. The van der Waals surface area contributed by atoms with Crippen molar-refractivity contribution >= 4 is 0 Å². The van der Waals surface area contributed by atoms with Gasteiger partial charge in [0.15, 0.2) is 0 Å². The van der Waals surface area contributed by atoms with Gasteiger partial charge in [-0.3, -0.25) is 0 Å². The summed E-state index contributed by atoms with van der Waals surface area (Å²) in [5.74, 6) is 0. The highest BCUT2D eigenvalue weighted by atomic mass is 15.1. The van der Waals surface area contributed by atoms with E-state index in [1.165, 1.54) is 25.9 Å². The van der Waals surface area contributed by atoms with E-state index in [-0.39, 0.29) is 5.41 Å². The van der Waals surface area contributed by atoms with Crippen molar-refractivity contribution in [2.24, 2.45) is 5.41 Å². The smallest absolute Gasteiger partial charge is 0.0697 e. The van der Waals surface area contributed by atoms with Crippen LogP contribution in [-0.4, -0.2) is 24.5 Å². The summed E-state index contributed by atoms with van der Waals surface area (Å²) in [7, 11) is 0. The summed E-state index contributed by atoms with van der Waals surface area (Å²) < 4.78 is 0. The Labute approximate surface area is 68.8 Å². The lowest BCUT2D eigenvalue weighted by Gasteiger charge is -2.23. The normalized spacial score (nSPS) is 20.1. The fourth-order valence-electron chi connectivity index (χ4n) is 1.54. The number of nitriles is 1. The molecule has 0 atom stereocenters. The molecule has 11 heavy (non-hydrogen) atoms. The molecule has 0 spiro atoms. The zero-order valence-electron chi connectivity index (χ0n) is 7.43. The Balaban J connectivity index is 2.35. The van der Waals surface area contributed by atoms with Gasteiger partial charge in [0.2, 0.25) is 0 Å². The van der Waals surface area contributed by atoms with Crippen molar-refractivity contribution in [1.82, 2.24) is 4.90 Å². The van der Waals surface area contributed by atoms with Crippen LogP contribution in [0.15, 0.2) is 0 Å². The minimum atomic E-state index is -0.162. The van der Waals surface area contributed by atoms with E-state index in [9.17, 15) is 0 Å². The molecule has 0 aromatic rings. The minimum absolute atomic E-state index is 0.162. The van der Waals surface area contributed by atoms with Crippen molar-refractivity contribution < 1.29 is 0 Å². The van der Waals surface area contributed by atoms with Gasteiger partial charge >= 0.3 is 0 Å².